The maximum Gasteiger partial charge on any atom is 0.335 e. The first-order valence-electron chi connectivity index (χ1n) is 9.91. The van der Waals surface area contributed by atoms with Crippen molar-refractivity contribution in [2.24, 2.45) is 0 Å². The number of benzene rings is 1. The minimum atomic E-state index is -0.949. The van der Waals surface area contributed by atoms with Gasteiger partial charge >= 0.3 is 17.7 Å². The van der Waals surface area contributed by atoms with Gasteiger partial charge in [0.15, 0.2) is 11.5 Å². The summed E-state index contributed by atoms with van der Waals surface area (Å²) >= 11 is 0. The van der Waals surface area contributed by atoms with Crippen molar-refractivity contribution in [1.29, 1.82) is 0 Å². The SMILES string of the molecule is CCCCOc1nc(N)c2[nH]c(=O)n(CCCNCc3cccc(C(=O)O)c3)c2n1. The minimum absolute atomic E-state index is 0.164. The molecule has 0 aliphatic rings. The highest BCUT2D eigenvalue weighted by Crippen LogP contribution is 2.18. The number of H-pyrrole nitrogens is 1. The highest BCUT2D eigenvalue weighted by atomic mass is 16.5. The maximum absolute atomic E-state index is 12.3. The number of nitrogens with zero attached hydrogens (tertiary/aromatic N) is 3. The second kappa shape index (κ2) is 9.88. The number of nitrogens with two attached hydrogens (primary N) is 1. The molecule has 3 rings (SSSR count). The third-order valence-electron chi connectivity index (χ3n) is 4.60. The standard InChI is InChI=1S/C20H26N6O4/c1-2-3-10-30-19-24-16(21)15-17(25-19)26(20(29)23-15)9-5-8-22-12-13-6-4-7-14(11-13)18(27)28/h4,6-7,11,22H,2-3,5,8-10,12H2,1H3,(H,23,29)(H,27,28)(H2,21,24,25). The second-order valence-corrected chi connectivity index (χ2v) is 6.91. The lowest BCUT2D eigenvalue weighted by Crippen LogP contribution is -2.21. The molecule has 0 aliphatic heterocycles. The largest absolute Gasteiger partial charge is 0.478 e. The highest BCUT2D eigenvalue weighted by Gasteiger charge is 2.14. The first kappa shape index (κ1) is 21.3. The van der Waals surface area contributed by atoms with Gasteiger partial charge in [0, 0.05) is 13.1 Å². The molecule has 2 heterocycles. The molecule has 0 amide bonds. The number of aromatic amines is 1. The molecule has 0 saturated heterocycles. The Labute approximate surface area is 173 Å². The van der Waals surface area contributed by atoms with Crippen LogP contribution in [0.15, 0.2) is 29.1 Å². The van der Waals surface area contributed by atoms with Crippen LogP contribution < -0.4 is 21.5 Å². The van der Waals surface area contributed by atoms with E-state index in [2.05, 4.69) is 27.2 Å². The second-order valence-electron chi connectivity index (χ2n) is 6.91. The van der Waals surface area contributed by atoms with Gasteiger partial charge in [-0.15, -0.1) is 0 Å². The number of hydrogen-bond donors (Lipinski definition) is 4. The molecule has 0 fully saturated rings. The summed E-state index contributed by atoms with van der Waals surface area (Å²) in [4.78, 5) is 34.5. The predicted molar refractivity (Wildman–Crippen MR) is 113 cm³/mol. The van der Waals surface area contributed by atoms with Crippen molar-refractivity contribution in [2.45, 2.75) is 39.3 Å². The summed E-state index contributed by atoms with van der Waals surface area (Å²) in [6.07, 6.45) is 2.53. The van der Waals surface area contributed by atoms with E-state index >= 15 is 0 Å². The van der Waals surface area contributed by atoms with Crippen LogP contribution in [0.3, 0.4) is 0 Å². The van der Waals surface area contributed by atoms with Gasteiger partial charge < -0.3 is 25.9 Å². The molecule has 0 spiro atoms. The Morgan fingerprint density at radius 2 is 2.17 bits per heavy atom. The van der Waals surface area contributed by atoms with Crippen LogP contribution in [0.1, 0.15) is 42.1 Å². The number of carboxylic acids is 1. The summed E-state index contributed by atoms with van der Waals surface area (Å²) in [7, 11) is 0. The Morgan fingerprint density at radius 1 is 1.33 bits per heavy atom. The number of aromatic carboxylic acids is 1. The van der Waals surface area contributed by atoms with E-state index in [0.717, 1.165) is 18.4 Å². The molecule has 10 heteroatoms. The number of carboxylic acid groups (broad SMARTS) is 1. The molecule has 0 atom stereocenters. The van der Waals surface area contributed by atoms with Crippen molar-refractivity contribution in [3.8, 4) is 6.01 Å². The average Bonchev–Trinajstić information content (AvgIpc) is 3.04. The number of hydrogen-bond acceptors (Lipinski definition) is 7. The van der Waals surface area contributed by atoms with Crippen molar-refractivity contribution in [3.05, 3.63) is 45.9 Å². The Hall–Kier alpha value is -3.40. The molecule has 0 saturated carbocycles. The number of unbranched alkanes of at least 4 members (excludes halogenated alkanes) is 1. The zero-order chi connectivity index (χ0) is 21.5. The van der Waals surface area contributed by atoms with E-state index in [0.29, 0.717) is 43.8 Å². The minimum Gasteiger partial charge on any atom is -0.478 e. The number of aryl methyl sites for hydroxylation is 1. The lowest BCUT2D eigenvalue weighted by atomic mass is 10.1. The molecule has 0 bridgehead atoms. The Kier molecular flexibility index (Phi) is 7.02. The molecule has 30 heavy (non-hydrogen) atoms. The zero-order valence-electron chi connectivity index (χ0n) is 16.9. The smallest absolute Gasteiger partial charge is 0.335 e. The number of ether oxygens (including phenoxy) is 1. The van der Waals surface area contributed by atoms with Gasteiger partial charge in [0.2, 0.25) is 0 Å². The quantitative estimate of drug-likeness (QED) is 0.347. The van der Waals surface area contributed by atoms with Gasteiger partial charge in [-0.3, -0.25) is 4.57 Å². The molecule has 1 aromatic carbocycles. The number of anilines is 1. The van der Waals surface area contributed by atoms with E-state index in [1.807, 2.05) is 6.07 Å². The Morgan fingerprint density at radius 3 is 2.93 bits per heavy atom. The van der Waals surface area contributed by atoms with Crippen molar-refractivity contribution in [2.75, 3.05) is 18.9 Å². The lowest BCUT2D eigenvalue weighted by molar-refractivity contribution is 0.0696. The van der Waals surface area contributed by atoms with Crippen LogP contribution >= 0.6 is 0 Å². The fourth-order valence-corrected chi connectivity index (χ4v) is 3.02. The van der Waals surface area contributed by atoms with Crippen LogP contribution in [0.5, 0.6) is 6.01 Å². The fourth-order valence-electron chi connectivity index (χ4n) is 3.02. The van der Waals surface area contributed by atoms with Crippen LogP contribution in [-0.4, -0.2) is 43.7 Å². The summed E-state index contributed by atoms with van der Waals surface area (Å²) in [6.45, 7) is 4.16. The van der Waals surface area contributed by atoms with Crippen LogP contribution in [-0.2, 0) is 13.1 Å². The van der Waals surface area contributed by atoms with Crippen LogP contribution in [0.2, 0.25) is 0 Å². The molecule has 0 radical (unpaired) electrons. The third kappa shape index (κ3) is 5.15. The van der Waals surface area contributed by atoms with Crippen LogP contribution in [0, 0.1) is 0 Å². The lowest BCUT2D eigenvalue weighted by Gasteiger charge is -2.08. The van der Waals surface area contributed by atoms with E-state index in [1.54, 1.807) is 18.2 Å². The average molecular weight is 414 g/mol. The molecule has 0 unspecified atom stereocenters. The van der Waals surface area contributed by atoms with E-state index < -0.39 is 5.97 Å². The first-order chi connectivity index (χ1) is 14.5. The van der Waals surface area contributed by atoms with Crippen molar-refractivity contribution >= 4 is 23.0 Å². The van der Waals surface area contributed by atoms with E-state index in [-0.39, 0.29) is 23.1 Å². The normalized spacial score (nSPS) is 11.1. The Balaban J connectivity index is 1.60. The molecule has 10 nitrogen and oxygen atoms in total. The number of imidazole rings is 1. The summed E-state index contributed by atoms with van der Waals surface area (Å²) < 4.78 is 7.05. The van der Waals surface area contributed by atoms with Crippen molar-refractivity contribution in [3.63, 3.8) is 0 Å². The fraction of sp³-hybridized carbons (Fsp3) is 0.400. The Bertz CT molecular complexity index is 1070. The van der Waals surface area contributed by atoms with Crippen molar-refractivity contribution < 1.29 is 14.6 Å². The van der Waals surface area contributed by atoms with Crippen LogP contribution in [0.25, 0.3) is 11.2 Å². The highest BCUT2D eigenvalue weighted by molar-refractivity contribution is 5.87. The van der Waals surface area contributed by atoms with E-state index in [4.69, 9.17) is 15.6 Å². The van der Waals surface area contributed by atoms with Gasteiger partial charge in [0.25, 0.3) is 0 Å². The summed E-state index contributed by atoms with van der Waals surface area (Å²) in [5.41, 5.74) is 7.62. The van der Waals surface area contributed by atoms with Gasteiger partial charge in [-0.1, -0.05) is 25.5 Å². The molecular formula is C20H26N6O4. The summed E-state index contributed by atoms with van der Waals surface area (Å²) in [6, 6.07) is 6.94. The van der Waals surface area contributed by atoms with E-state index in [1.165, 1.54) is 4.57 Å². The number of fused-ring (bicyclic) bond motifs is 1. The topological polar surface area (TPSA) is 148 Å². The number of aromatic nitrogens is 4. The van der Waals surface area contributed by atoms with Gasteiger partial charge in [-0.05, 0) is 37.1 Å². The third-order valence-corrected chi connectivity index (χ3v) is 4.60. The number of carbonyl (C=O) groups is 1. The predicted octanol–water partition coefficient (Wildman–Crippen LogP) is 1.76. The molecule has 0 aliphatic carbocycles. The van der Waals surface area contributed by atoms with Gasteiger partial charge in [-0.25, -0.2) is 9.59 Å². The number of nitrogens with one attached hydrogen (secondary N) is 2. The first-order valence-corrected chi connectivity index (χ1v) is 9.91. The molecule has 5 N–H and O–H groups in total. The summed E-state index contributed by atoms with van der Waals surface area (Å²) in [5.74, 6) is -0.770. The monoisotopic (exact) mass is 414 g/mol. The van der Waals surface area contributed by atoms with Gasteiger partial charge in [-0.2, -0.15) is 9.97 Å². The number of nitrogen functional groups attached to an aromatic ring is 1. The maximum atomic E-state index is 12.3. The van der Waals surface area contributed by atoms with Crippen LogP contribution in [0.4, 0.5) is 5.82 Å². The molecule has 3 aromatic rings. The zero-order valence-corrected chi connectivity index (χ0v) is 16.9. The van der Waals surface area contributed by atoms with Crippen molar-refractivity contribution in [1.82, 2.24) is 24.8 Å². The molecule has 2 aromatic heterocycles. The molecule has 160 valence electrons. The molecular weight excluding hydrogens is 388 g/mol. The van der Waals surface area contributed by atoms with Gasteiger partial charge in [0.1, 0.15) is 5.52 Å². The number of rotatable bonds is 11. The van der Waals surface area contributed by atoms with Gasteiger partial charge in [0.05, 0.1) is 12.2 Å². The summed E-state index contributed by atoms with van der Waals surface area (Å²) in [5, 5.41) is 12.3. The van der Waals surface area contributed by atoms with E-state index in [9.17, 15) is 9.59 Å².